The zero-order valence-corrected chi connectivity index (χ0v) is 16.9. The first kappa shape index (κ1) is 19.8. The normalized spacial score (nSPS) is 15.5. The van der Waals surface area contributed by atoms with Crippen LogP contribution in [0.25, 0.3) is 5.70 Å². The number of benzene rings is 2. The third-order valence-electron chi connectivity index (χ3n) is 4.78. The fraction of sp³-hybridized carbons (Fsp3) is 0.136. The Labute approximate surface area is 177 Å². The lowest BCUT2D eigenvalue weighted by molar-refractivity contribution is 0.0637. The summed E-state index contributed by atoms with van der Waals surface area (Å²) in [4.78, 5) is 13.0. The molecule has 2 aromatic carbocycles. The highest BCUT2D eigenvalue weighted by Gasteiger charge is 2.35. The molecule has 30 heavy (non-hydrogen) atoms. The van der Waals surface area contributed by atoms with Gasteiger partial charge in [0.15, 0.2) is 17.3 Å². The van der Waals surface area contributed by atoms with Gasteiger partial charge in [-0.2, -0.15) is 0 Å². The molecule has 8 heteroatoms. The van der Waals surface area contributed by atoms with Gasteiger partial charge in [-0.05, 0) is 48.5 Å². The number of hydrogen-bond donors (Lipinski definition) is 1. The Kier molecular flexibility index (Phi) is 5.37. The summed E-state index contributed by atoms with van der Waals surface area (Å²) in [7, 11) is 3.08. The van der Waals surface area contributed by atoms with E-state index >= 15 is 0 Å². The predicted octanol–water partition coefficient (Wildman–Crippen LogP) is 4.83. The molecule has 1 aromatic heterocycles. The van der Waals surface area contributed by atoms with Crippen molar-refractivity contribution in [2.45, 2.75) is 6.04 Å². The summed E-state index contributed by atoms with van der Waals surface area (Å²) in [5.41, 5.74) is 4.54. The van der Waals surface area contributed by atoms with Crippen LogP contribution in [-0.2, 0) is 0 Å². The topological polar surface area (TPSA) is 63.9 Å². The molecule has 1 amide bonds. The van der Waals surface area contributed by atoms with Crippen molar-refractivity contribution in [3.05, 3.63) is 88.6 Å². The van der Waals surface area contributed by atoms with Crippen LogP contribution in [0.15, 0.2) is 65.3 Å². The molecule has 1 atom stereocenters. The molecule has 0 fully saturated rings. The van der Waals surface area contributed by atoms with E-state index < -0.39 is 17.8 Å². The second kappa shape index (κ2) is 8.12. The number of hydrogen-bond acceptors (Lipinski definition) is 5. The van der Waals surface area contributed by atoms with Gasteiger partial charge in [0.1, 0.15) is 11.9 Å². The van der Waals surface area contributed by atoms with E-state index in [1.54, 1.807) is 49.6 Å². The number of carbonyl (C=O) groups excluding carboxylic acids is 1. The zero-order chi connectivity index (χ0) is 21.3. The summed E-state index contributed by atoms with van der Waals surface area (Å²) >= 11 is 6.29. The van der Waals surface area contributed by atoms with Crippen molar-refractivity contribution in [1.29, 1.82) is 0 Å². The van der Waals surface area contributed by atoms with Crippen molar-refractivity contribution in [2.75, 3.05) is 14.2 Å². The Morgan fingerprint density at radius 3 is 2.60 bits per heavy atom. The van der Waals surface area contributed by atoms with Gasteiger partial charge in [-0.1, -0.05) is 17.7 Å². The van der Waals surface area contributed by atoms with Gasteiger partial charge in [-0.3, -0.25) is 10.2 Å². The fourth-order valence-corrected chi connectivity index (χ4v) is 3.61. The molecule has 2 heterocycles. The molecule has 1 N–H and O–H groups in total. The molecule has 154 valence electrons. The van der Waals surface area contributed by atoms with Gasteiger partial charge in [0.05, 0.1) is 26.2 Å². The lowest BCUT2D eigenvalue weighted by Crippen LogP contribution is -2.39. The van der Waals surface area contributed by atoms with Gasteiger partial charge in [0.25, 0.3) is 0 Å². The standard InChI is InChI=1S/C22H18ClFN2O4/c1-28-18-9-8-13(11-20(18)29-2)16-12-17(21-14(23)5-3-6-15(21)24)26(25-16)22(27)19-7-4-10-30-19/h3-12,17,25H,1-2H3/t17-/m0/s1. The maximum absolute atomic E-state index is 14.7. The molecule has 1 aliphatic heterocycles. The molecular formula is C22H18ClFN2O4. The van der Waals surface area contributed by atoms with Crippen molar-refractivity contribution in [3.63, 3.8) is 0 Å². The number of rotatable bonds is 5. The Balaban J connectivity index is 1.79. The van der Waals surface area contributed by atoms with Crippen LogP contribution in [-0.4, -0.2) is 25.1 Å². The molecule has 0 bridgehead atoms. The summed E-state index contributed by atoms with van der Waals surface area (Å²) < 4.78 is 30.6. The molecule has 1 aliphatic rings. The maximum Gasteiger partial charge on any atom is 0.308 e. The SMILES string of the molecule is COc1ccc(C2=C[C@@H](c3c(F)cccc3Cl)N(C(=O)c3ccco3)N2)cc1OC. The molecule has 6 nitrogen and oxygen atoms in total. The van der Waals surface area contributed by atoms with E-state index in [4.69, 9.17) is 25.5 Å². The number of methoxy groups -OCH3 is 2. The lowest BCUT2D eigenvalue weighted by Gasteiger charge is -2.25. The first-order chi connectivity index (χ1) is 14.5. The molecule has 3 aromatic rings. The van der Waals surface area contributed by atoms with E-state index in [2.05, 4.69) is 5.43 Å². The molecule has 0 unspecified atom stereocenters. The lowest BCUT2D eigenvalue weighted by atomic mass is 10.0. The van der Waals surface area contributed by atoms with Crippen molar-refractivity contribution in [2.24, 2.45) is 0 Å². The number of nitrogens with zero attached hydrogens (tertiary/aromatic N) is 1. The van der Waals surface area contributed by atoms with Crippen molar-refractivity contribution in [3.8, 4) is 11.5 Å². The molecule has 0 aliphatic carbocycles. The minimum atomic E-state index is -0.792. The first-order valence-electron chi connectivity index (χ1n) is 9.05. The summed E-state index contributed by atoms with van der Waals surface area (Å²) in [6, 6.07) is 12.1. The minimum Gasteiger partial charge on any atom is -0.493 e. The van der Waals surface area contributed by atoms with E-state index in [1.165, 1.54) is 30.5 Å². The van der Waals surface area contributed by atoms with Gasteiger partial charge in [-0.15, -0.1) is 0 Å². The average molecular weight is 429 g/mol. The summed E-state index contributed by atoms with van der Waals surface area (Å²) in [6.07, 6.45) is 3.13. The number of halogens is 2. The second-order valence-corrected chi connectivity index (χ2v) is 6.90. The molecular weight excluding hydrogens is 411 g/mol. The van der Waals surface area contributed by atoms with Crippen LogP contribution in [0.1, 0.15) is 27.7 Å². The van der Waals surface area contributed by atoms with Crippen LogP contribution >= 0.6 is 11.6 Å². The number of carbonyl (C=O) groups is 1. The Hall–Kier alpha value is -3.45. The number of amides is 1. The third kappa shape index (κ3) is 3.48. The number of ether oxygens (including phenoxy) is 2. The summed E-state index contributed by atoms with van der Waals surface area (Å²) in [5.74, 6) is 0.223. The molecule has 4 rings (SSSR count). The van der Waals surface area contributed by atoms with E-state index in [1.807, 2.05) is 0 Å². The smallest absolute Gasteiger partial charge is 0.308 e. The molecule has 0 saturated heterocycles. The van der Waals surface area contributed by atoms with Crippen LogP contribution in [0.4, 0.5) is 4.39 Å². The maximum atomic E-state index is 14.7. The highest BCUT2D eigenvalue weighted by molar-refractivity contribution is 6.31. The monoisotopic (exact) mass is 428 g/mol. The number of hydrazine groups is 1. The fourth-order valence-electron chi connectivity index (χ4n) is 3.34. The minimum absolute atomic E-state index is 0.113. The number of furan rings is 1. The Morgan fingerprint density at radius 1 is 1.13 bits per heavy atom. The van der Waals surface area contributed by atoms with Crippen LogP contribution in [0.3, 0.4) is 0 Å². The van der Waals surface area contributed by atoms with Gasteiger partial charge in [0.2, 0.25) is 0 Å². The first-order valence-corrected chi connectivity index (χ1v) is 9.43. The highest BCUT2D eigenvalue weighted by atomic mass is 35.5. The number of nitrogens with one attached hydrogen (secondary N) is 1. The summed E-state index contributed by atoms with van der Waals surface area (Å²) in [5, 5.41) is 1.50. The van der Waals surface area contributed by atoms with Crippen molar-refractivity contribution < 1.29 is 23.1 Å². The van der Waals surface area contributed by atoms with E-state index in [9.17, 15) is 9.18 Å². The van der Waals surface area contributed by atoms with Crippen molar-refractivity contribution in [1.82, 2.24) is 10.4 Å². The predicted molar refractivity (Wildman–Crippen MR) is 110 cm³/mol. The second-order valence-electron chi connectivity index (χ2n) is 6.49. The van der Waals surface area contributed by atoms with E-state index in [0.717, 1.165) is 5.56 Å². The van der Waals surface area contributed by atoms with E-state index in [0.29, 0.717) is 17.2 Å². The van der Waals surface area contributed by atoms with Crippen LogP contribution < -0.4 is 14.9 Å². The van der Waals surface area contributed by atoms with Crippen LogP contribution in [0, 0.1) is 5.82 Å². The molecule has 0 spiro atoms. The van der Waals surface area contributed by atoms with Crippen molar-refractivity contribution >= 4 is 23.2 Å². The quantitative estimate of drug-likeness (QED) is 0.630. The van der Waals surface area contributed by atoms with Crippen LogP contribution in [0.5, 0.6) is 11.5 Å². The van der Waals surface area contributed by atoms with Gasteiger partial charge < -0.3 is 13.9 Å². The highest BCUT2D eigenvalue weighted by Crippen LogP contribution is 2.38. The van der Waals surface area contributed by atoms with Gasteiger partial charge >= 0.3 is 5.91 Å². The van der Waals surface area contributed by atoms with Gasteiger partial charge in [0, 0.05) is 16.1 Å². The molecule has 0 radical (unpaired) electrons. The third-order valence-corrected chi connectivity index (χ3v) is 5.11. The zero-order valence-electron chi connectivity index (χ0n) is 16.2. The van der Waals surface area contributed by atoms with Crippen LogP contribution in [0.2, 0.25) is 5.02 Å². The largest absolute Gasteiger partial charge is 0.493 e. The Bertz CT molecular complexity index is 1090. The van der Waals surface area contributed by atoms with E-state index in [-0.39, 0.29) is 16.3 Å². The molecule has 0 saturated carbocycles. The van der Waals surface area contributed by atoms with Gasteiger partial charge in [-0.25, -0.2) is 9.40 Å². The Morgan fingerprint density at radius 2 is 1.93 bits per heavy atom. The summed E-state index contributed by atoms with van der Waals surface area (Å²) in [6.45, 7) is 0. The average Bonchev–Trinajstić information content (AvgIpc) is 3.43.